The second kappa shape index (κ2) is 8.19. The lowest BCUT2D eigenvalue weighted by molar-refractivity contribution is -0.147. The number of ether oxygens (including phenoxy) is 1. The summed E-state index contributed by atoms with van der Waals surface area (Å²) in [7, 11) is 0. The van der Waals surface area contributed by atoms with Gasteiger partial charge in [0, 0.05) is 19.5 Å². The molecule has 2 amide bonds. The van der Waals surface area contributed by atoms with Crippen LogP contribution >= 0.6 is 0 Å². The molecular formula is C17H22F2N2O3. The molecule has 1 fully saturated rings. The van der Waals surface area contributed by atoms with E-state index in [0.717, 1.165) is 12.1 Å². The highest BCUT2D eigenvalue weighted by Gasteiger charge is 2.31. The van der Waals surface area contributed by atoms with Gasteiger partial charge in [-0.25, -0.2) is 8.78 Å². The van der Waals surface area contributed by atoms with E-state index in [1.165, 1.54) is 17.9 Å². The highest BCUT2D eigenvalue weighted by atomic mass is 19.2. The van der Waals surface area contributed by atoms with Crippen LogP contribution in [0.2, 0.25) is 0 Å². The van der Waals surface area contributed by atoms with E-state index in [1.54, 1.807) is 0 Å². The molecule has 1 aromatic carbocycles. The molecule has 0 bridgehead atoms. The first-order valence-corrected chi connectivity index (χ1v) is 7.97. The van der Waals surface area contributed by atoms with Crippen LogP contribution in [-0.2, 0) is 20.7 Å². The first kappa shape index (κ1) is 18.3. The highest BCUT2D eigenvalue weighted by molar-refractivity contribution is 5.87. The molecule has 24 heavy (non-hydrogen) atoms. The van der Waals surface area contributed by atoms with Crippen LogP contribution in [0.5, 0.6) is 0 Å². The molecule has 2 rings (SSSR count). The van der Waals surface area contributed by atoms with Crippen molar-refractivity contribution in [2.75, 3.05) is 19.8 Å². The van der Waals surface area contributed by atoms with Gasteiger partial charge in [0.05, 0.1) is 13.2 Å². The molecule has 1 aliphatic heterocycles. The third kappa shape index (κ3) is 4.74. The molecule has 0 radical (unpaired) electrons. The van der Waals surface area contributed by atoms with Crippen LogP contribution in [0.25, 0.3) is 0 Å². The zero-order chi connectivity index (χ0) is 17.7. The third-order valence-electron chi connectivity index (χ3n) is 4.07. The molecule has 1 aliphatic rings. The van der Waals surface area contributed by atoms with E-state index < -0.39 is 17.7 Å². The standard InChI is InChI=1S/C17H22F2N2O3/c1-11(3-4-13-5-6-14(18)15(19)9-13)20-17(23)16-10-24-8-7-21(16)12(2)22/h5-6,9,11,16H,3-4,7-8,10H2,1-2H3,(H,20,23). The van der Waals surface area contributed by atoms with Crippen LogP contribution in [0, 0.1) is 11.6 Å². The summed E-state index contributed by atoms with van der Waals surface area (Å²) in [4.78, 5) is 25.4. The third-order valence-corrected chi connectivity index (χ3v) is 4.07. The number of benzene rings is 1. The molecule has 0 saturated carbocycles. The summed E-state index contributed by atoms with van der Waals surface area (Å²) in [5.74, 6) is -2.17. The van der Waals surface area contributed by atoms with Gasteiger partial charge in [-0.2, -0.15) is 0 Å². The monoisotopic (exact) mass is 340 g/mol. The fraction of sp³-hybridized carbons (Fsp3) is 0.529. The molecule has 5 nitrogen and oxygen atoms in total. The van der Waals surface area contributed by atoms with Gasteiger partial charge in [-0.3, -0.25) is 9.59 Å². The minimum Gasteiger partial charge on any atom is -0.377 e. The fourth-order valence-electron chi connectivity index (χ4n) is 2.69. The number of amides is 2. The molecule has 1 aromatic rings. The maximum Gasteiger partial charge on any atom is 0.245 e. The van der Waals surface area contributed by atoms with Gasteiger partial charge in [0.2, 0.25) is 11.8 Å². The van der Waals surface area contributed by atoms with Crippen molar-refractivity contribution in [1.82, 2.24) is 10.2 Å². The van der Waals surface area contributed by atoms with Gasteiger partial charge in [-0.05, 0) is 37.5 Å². The molecule has 2 unspecified atom stereocenters. The largest absolute Gasteiger partial charge is 0.377 e. The van der Waals surface area contributed by atoms with E-state index in [2.05, 4.69) is 5.32 Å². The maximum absolute atomic E-state index is 13.2. The smallest absolute Gasteiger partial charge is 0.245 e. The first-order valence-electron chi connectivity index (χ1n) is 7.97. The average molecular weight is 340 g/mol. The van der Waals surface area contributed by atoms with Crippen molar-refractivity contribution in [3.05, 3.63) is 35.4 Å². The van der Waals surface area contributed by atoms with Crippen molar-refractivity contribution in [3.8, 4) is 0 Å². The molecule has 0 aliphatic carbocycles. The number of hydrogen-bond acceptors (Lipinski definition) is 3. The summed E-state index contributed by atoms with van der Waals surface area (Å²) in [6.07, 6.45) is 1.08. The second-order valence-corrected chi connectivity index (χ2v) is 6.00. The van der Waals surface area contributed by atoms with Crippen molar-refractivity contribution in [2.45, 2.75) is 38.8 Å². The van der Waals surface area contributed by atoms with Gasteiger partial charge in [-0.1, -0.05) is 6.07 Å². The van der Waals surface area contributed by atoms with Crippen LogP contribution in [0.3, 0.4) is 0 Å². The number of carbonyl (C=O) groups is 2. The van der Waals surface area contributed by atoms with E-state index in [9.17, 15) is 18.4 Å². The van der Waals surface area contributed by atoms with E-state index in [-0.39, 0.29) is 24.5 Å². The van der Waals surface area contributed by atoms with Crippen molar-refractivity contribution in [2.24, 2.45) is 0 Å². The Morgan fingerprint density at radius 2 is 2.12 bits per heavy atom. The molecule has 0 spiro atoms. The topological polar surface area (TPSA) is 58.6 Å². The van der Waals surface area contributed by atoms with Gasteiger partial charge in [-0.15, -0.1) is 0 Å². The lowest BCUT2D eigenvalue weighted by atomic mass is 10.1. The van der Waals surface area contributed by atoms with Gasteiger partial charge in [0.1, 0.15) is 6.04 Å². The Labute approximate surface area is 140 Å². The Morgan fingerprint density at radius 3 is 2.79 bits per heavy atom. The van der Waals surface area contributed by atoms with Crippen molar-refractivity contribution < 1.29 is 23.1 Å². The summed E-state index contributed by atoms with van der Waals surface area (Å²) >= 11 is 0. The number of morpholine rings is 1. The number of halogens is 2. The minimum atomic E-state index is -0.874. The fourth-order valence-corrected chi connectivity index (χ4v) is 2.69. The number of carbonyl (C=O) groups excluding carboxylic acids is 2. The zero-order valence-corrected chi connectivity index (χ0v) is 13.9. The first-order chi connectivity index (χ1) is 11.4. The molecule has 132 valence electrons. The molecule has 1 heterocycles. The van der Waals surface area contributed by atoms with Crippen LogP contribution in [-0.4, -0.2) is 48.6 Å². The molecule has 0 aromatic heterocycles. The summed E-state index contributed by atoms with van der Waals surface area (Å²) in [5.41, 5.74) is 0.668. The summed E-state index contributed by atoms with van der Waals surface area (Å²) in [6.45, 7) is 4.27. The molecular weight excluding hydrogens is 318 g/mol. The Kier molecular flexibility index (Phi) is 6.25. The van der Waals surface area contributed by atoms with E-state index in [4.69, 9.17) is 4.74 Å². The van der Waals surface area contributed by atoms with Crippen molar-refractivity contribution >= 4 is 11.8 Å². The zero-order valence-electron chi connectivity index (χ0n) is 13.9. The second-order valence-electron chi connectivity index (χ2n) is 6.00. The highest BCUT2D eigenvalue weighted by Crippen LogP contribution is 2.12. The number of nitrogens with one attached hydrogen (secondary N) is 1. The van der Waals surface area contributed by atoms with Crippen molar-refractivity contribution in [3.63, 3.8) is 0 Å². The number of aryl methyl sites for hydroxylation is 1. The summed E-state index contributed by atoms with van der Waals surface area (Å²) in [6, 6.07) is 3.00. The average Bonchev–Trinajstić information content (AvgIpc) is 2.55. The summed E-state index contributed by atoms with van der Waals surface area (Å²) in [5, 5.41) is 2.85. The van der Waals surface area contributed by atoms with Gasteiger partial charge in [0.25, 0.3) is 0 Å². The number of hydrogen-bond donors (Lipinski definition) is 1. The van der Waals surface area contributed by atoms with Gasteiger partial charge < -0.3 is 15.0 Å². The Hall–Kier alpha value is -2.02. The number of rotatable bonds is 5. The van der Waals surface area contributed by atoms with Crippen LogP contribution < -0.4 is 5.32 Å². The van der Waals surface area contributed by atoms with Gasteiger partial charge >= 0.3 is 0 Å². The number of nitrogens with zero attached hydrogens (tertiary/aromatic N) is 1. The Morgan fingerprint density at radius 1 is 1.38 bits per heavy atom. The normalized spacial score (nSPS) is 19.0. The Balaban J connectivity index is 1.86. The van der Waals surface area contributed by atoms with Gasteiger partial charge in [0.15, 0.2) is 11.6 Å². The van der Waals surface area contributed by atoms with Crippen LogP contribution in [0.1, 0.15) is 25.8 Å². The summed E-state index contributed by atoms with van der Waals surface area (Å²) < 4.78 is 31.4. The molecule has 1 N–H and O–H groups in total. The SMILES string of the molecule is CC(=O)N1CCOCC1C(=O)NC(C)CCc1ccc(F)c(F)c1. The van der Waals surface area contributed by atoms with Crippen LogP contribution in [0.4, 0.5) is 8.78 Å². The lowest BCUT2D eigenvalue weighted by Crippen LogP contribution is -2.56. The predicted molar refractivity (Wildman–Crippen MR) is 84.3 cm³/mol. The Bertz CT molecular complexity index is 609. The molecule has 2 atom stereocenters. The quantitative estimate of drug-likeness (QED) is 0.887. The van der Waals surface area contributed by atoms with E-state index >= 15 is 0 Å². The molecule has 1 saturated heterocycles. The maximum atomic E-state index is 13.2. The minimum absolute atomic E-state index is 0.159. The van der Waals surface area contributed by atoms with E-state index in [1.807, 2.05) is 6.92 Å². The lowest BCUT2D eigenvalue weighted by Gasteiger charge is -2.34. The van der Waals surface area contributed by atoms with Crippen LogP contribution in [0.15, 0.2) is 18.2 Å². The predicted octanol–water partition coefficient (Wildman–Crippen LogP) is 1.65. The van der Waals surface area contributed by atoms with E-state index in [0.29, 0.717) is 31.6 Å². The molecule has 7 heteroatoms. The van der Waals surface area contributed by atoms with Crippen molar-refractivity contribution in [1.29, 1.82) is 0 Å².